The number of phosphoric acid groups is 1. The van der Waals surface area contributed by atoms with Crippen molar-refractivity contribution in [2.24, 2.45) is 0 Å². The third-order valence-corrected chi connectivity index (χ3v) is 10.5. The molecule has 0 aromatic heterocycles. The van der Waals surface area contributed by atoms with Gasteiger partial charge in [-0.05, 0) is 57.8 Å². The van der Waals surface area contributed by atoms with Crippen LogP contribution in [0.5, 0.6) is 0 Å². The standard InChI is InChI=1S/C45H73O16P/c1-3-5-7-8-9-10-11-12-13-14-15-20-24-30-38(49)58-32-35(33-59-62(56,57)61-45-43(54)41(52)40(51)42(53)44(45)55)60-39(50)31-25-29-37(48)36(47)28-23-19-17-16-18-22-27-34(46)26-21-6-4-2/h6-8,10-11,16-19,21-23,27-28,34-37,40-48,51-55H,3-5,9,12-15,20,24-26,29-33H2,1-2H3,(H,56,57)/b8-7-,11-10-,18-16+,19-17-,21-6-,27-22+,28-23-/t34-,35+,36+,37+,40?,41-,42+,43+,44+,45?/m0/s1. The van der Waals surface area contributed by atoms with E-state index in [4.69, 9.17) is 18.5 Å². The first-order chi connectivity index (χ1) is 29.6. The van der Waals surface area contributed by atoms with Crippen molar-refractivity contribution in [3.05, 3.63) is 85.1 Å². The first-order valence-corrected chi connectivity index (χ1v) is 23.2. The molecule has 354 valence electrons. The number of hydrogen-bond donors (Lipinski definition) is 9. The van der Waals surface area contributed by atoms with E-state index in [0.717, 1.165) is 57.8 Å². The zero-order chi connectivity index (χ0) is 46.2. The van der Waals surface area contributed by atoms with Crippen LogP contribution in [0.4, 0.5) is 0 Å². The highest BCUT2D eigenvalue weighted by Gasteiger charge is 2.51. The van der Waals surface area contributed by atoms with Crippen molar-refractivity contribution >= 4 is 19.8 Å². The van der Waals surface area contributed by atoms with Gasteiger partial charge >= 0.3 is 19.8 Å². The zero-order valence-electron chi connectivity index (χ0n) is 36.2. The number of ether oxygens (including phenoxy) is 2. The van der Waals surface area contributed by atoms with E-state index in [1.165, 1.54) is 12.2 Å². The molecule has 0 saturated heterocycles. The molecule has 16 nitrogen and oxygen atoms in total. The van der Waals surface area contributed by atoms with E-state index in [0.29, 0.717) is 12.8 Å². The van der Waals surface area contributed by atoms with Crippen molar-refractivity contribution in [1.82, 2.24) is 0 Å². The molecule has 1 aliphatic rings. The number of phosphoric ester groups is 1. The van der Waals surface area contributed by atoms with Crippen molar-refractivity contribution in [3.63, 3.8) is 0 Å². The second kappa shape index (κ2) is 34.3. The number of unbranched alkanes of at least 4 members (excludes halogenated alkanes) is 6. The van der Waals surface area contributed by atoms with Crippen molar-refractivity contribution in [3.8, 4) is 0 Å². The summed E-state index contributed by atoms with van der Waals surface area (Å²) in [6.07, 6.45) is 18.5. The molecular formula is C45H73O16P. The van der Waals surface area contributed by atoms with Crippen LogP contribution >= 0.6 is 7.82 Å². The third kappa shape index (κ3) is 26.5. The molecule has 0 aliphatic heterocycles. The van der Waals surface area contributed by atoms with Gasteiger partial charge < -0.3 is 55.2 Å². The maximum absolute atomic E-state index is 12.8. The van der Waals surface area contributed by atoms with E-state index >= 15 is 0 Å². The topological polar surface area (TPSA) is 270 Å². The quantitative estimate of drug-likeness (QED) is 0.0143. The Kier molecular flexibility index (Phi) is 31.5. The van der Waals surface area contributed by atoms with E-state index in [2.05, 4.69) is 31.2 Å². The van der Waals surface area contributed by atoms with Crippen LogP contribution in [0.15, 0.2) is 85.1 Å². The van der Waals surface area contributed by atoms with Gasteiger partial charge in [-0.2, -0.15) is 0 Å². The minimum atomic E-state index is -5.22. The zero-order valence-corrected chi connectivity index (χ0v) is 37.1. The maximum Gasteiger partial charge on any atom is 0.472 e. The lowest BCUT2D eigenvalue weighted by Gasteiger charge is -2.41. The van der Waals surface area contributed by atoms with Gasteiger partial charge in [-0.1, -0.05) is 125 Å². The summed E-state index contributed by atoms with van der Waals surface area (Å²) in [4.78, 5) is 35.7. The summed E-state index contributed by atoms with van der Waals surface area (Å²) in [7, 11) is -5.22. The Bertz CT molecular complexity index is 1460. The molecule has 0 aromatic carbocycles. The van der Waals surface area contributed by atoms with Crippen LogP contribution < -0.4 is 0 Å². The Hall–Kier alpha value is -3.09. The van der Waals surface area contributed by atoms with Crippen molar-refractivity contribution in [2.45, 2.75) is 171 Å². The smallest absolute Gasteiger partial charge is 0.462 e. The molecule has 0 heterocycles. The van der Waals surface area contributed by atoms with Crippen LogP contribution in [0.1, 0.15) is 110 Å². The molecule has 0 amide bonds. The first-order valence-electron chi connectivity index (χ1n) is 21.7. The number of aliphatic hydroxyl groups is 8. The molecule has 9 N–H and O–H groups in total. The van der Waals surface area contributed by atoms with Gasteiger partial charge in [0.15, 0.2) is 6.10 Å². The van der Waals surface area contributed by atoms with E-state index in [-0.39, 0.29) is 25.7 Å². The number of aliphatic hydroxyl groups excluding tert-OH is 8. The largest absolute Gasteiger partial charge is 0.472 e. The van der Waals surface area contributed by atoms with E-state index < -0.39 is 94.0 Å². The van der Waals surface area contributed by atoms with Gasteiger partial charge in [-0.15, -0.1) is 0 Å². The maximum atomic E-state index is 12.8. The molecule has 17 heteroatoms. The Morgan fingerprint density at radius 2 is 1.23 bits per heavy atom. The second-order valence-electron chi connectivity index (χ2n) is 15.0. The minimum Gasteiger partial charge on any atom is -0.462 e. The molecule has 1 aliphatic carbocycles. The Morgan fingerprint density at radius 3 is 1.89 bits per heavy atom. The summed E-state index contributed by atoms with van der Waals surface area (Å²) in [5, 5.41) is 80.6. The number of carbonyl (C=O) groups is 2. The number of allylic oxidation sites excluding steroid dienone is 11. The predicted octanol–water partition coefficient (Wildman–Crippen LogP) is 4.63. The highest BCUT2D eigenvalue weighted by Crippen LogP contribution is 2.47. The first kappa shape index (κ1) is 56.9. The van der Waals surface area contributed by atoms with Crippen LogP contribution in [0.25, 0.3) is 0 Å². The van der Waals surface area contributed by atoms with Gasteiger partial charge in [0.05, 0.1) is 24.9 Å². The van der Waals surface area contributed by atoms with E-state index in [1.807, 2.05) is 19.1 Å². The Labute approximate surface area is 366 Å². The summed E-state index contributed by atoms with van der Waals surface area (Å²) in [5.74, 6) is -1.46. The molecule has 0 bridgehead atoms. The minimum absolute atomic E-state index is 0.00745. The molecule has 62 heavy (non-hydrogen) atoms. The predicted molar refractivity (Wildman–Crippen MR) is 234 cm³/mol. The van der Waals surface area contributed by atoms with Crippen LogP contribution in [0, 0.1) is 0 Å². The van der Waals surface area contributed by atoms with Crippen LogP contribution in [0.3, 0.4) is 0 Å². The fraction of sp³-hybridized carbons (Fsp3) is 0.644. The normalized spacial score (nSPS) is 24.2. The van der Waals surface area contributed by atoms with E-state index in [9.17, 15) is 59.9 Å². The lowest BCUT2D eigenvalue weighted by molar-refractivity contribution is -0.220. The van der Waals surface area contributed by atoms with Gasteiger partial charge in [0, 0.05) is 12.8 Å². The van der Waals surface area contributed by atoms with Crippen molar-refractivity contribution < 1.29 is 78.4 Å². The molecule has 0 aromatic rings. The van der Waals surface area contributed by atoms with Gasteiger partial charge in [-0.25, -0.2) is 4.57 Å². The van der Waals surface area contributed by atoms with Crippen molar-refractivity contribution in [2.75, 3.05) is 13.2 Å². The Morgan fingerprint density at radius 1 is 0.645 bits per heavy atom. The van der Waals surface area contributed by atoms with Gasteiger partial charge in [0.2, 0.25) is 0 Å². The summed E-state index contributed by atoms with van der Waals surface area (Å²) in [5.41, 5.74) is 0. The average molecular weight is 901 g/mol. The summed E-state index contributed by atoms with van der Waals surface area (Å²) in [6, 6.07) is 0. The molecule has 1 rings (SSSR count). The highest BCUT2D eigenvalue weighted by molar-refractivity contribution is 7.47. The lowest BCUT2D eigenvalue weighted by atomic mass is 9.85. The second-order valence-corrected chi connectivity index (χ2v) is 16.4. The van der Waals surface area contributed by atoms with E-state index in [1.54, 1.807) is 36.5 Å². The van der Waals surface area contributed by atoms with Crippen LogP contribution in [-0.4, -0.2) is 132 Å². The molecule has 3 unspecified atom stereocenters. The lowest BCUT2D eigenvalue weighted by Crippen LogP contribution is -2.64. The van der Waals surface area contributed by atoms with Gasteiger partial charge in [0.1, 0.15) is 43.2 Å². The molecular weight excluding hydrogens is 827 g/mol. The van der Waals surface area contributed by atoms with Crippen LogP contribution in [-0.2, 0) is 32.7 Å². The van der Waals surface area contributed by atoms with Gasteiger partial charge in [-0.3, -0.25) is 18.6 Å². The molecule has 1 saturated carbocycles. The Balaban J connectivity index is 2.67. The number of rotatable bonds is 33. The number of hydrogen-bond acceptors (Lipinski definition) is 15. The third-order valence-electron chi connectivity index (χ3n) is 9.54. The number of carbonyl (C=O) groups excluding carboxylic acids is 2. The summed E-state index contributed by atoms with van der Waals surface area (Å²) in [6.45, 7) is 2.71. The van der Waals surface area contributed by atoms with Crippen LogP contribution in [0.2, 0.25) is 0 Å². The molecule has 1 fully saturated rings. The molecule has 11 atom stereocenters. The monoisotopic (exact) mass is 900 g/mol. The average Bonchev–Trinajstić information content (AvgIpc) is 3.24. The van der Waals surface area contributed by atoms with Gasteiger partial charge in [0.25, 0.3) is 0 Å². The fourth-order valence-corrected chi connectivity index (χ4v) is 6.87. The molecule has 0 radical (unpaired) electrons. The number of esters is 2. The fourth-order valence-electron chi connectivity index (χ4n) is 5.90. The van der Waals surface area contributed by atoms with Crippen molar-refractivity contribution in [1.29, 1.82) is 0 Å². The highest BCUT2D eigenvalue weighted by atomic mass is 31.2. The SMILES string of the molecule is CC/C=C\C[C@H](O)/C=C/C=C/C=C\C=C/[C@@H](O)[C@H](O)CCCC(=O)O[C@H](COC(=O)CCCCCCC/C=C\C/C=C\CCC)COP(=O)(O)OC1[C@H](O)[C@H](O)C(O)[C@H](O)[C@H]1O. The summed E-state index contributed by atoms with van der Waals surface area (Å²) >= 11 is 0. The molecule has 0 spiro atoms. The summed E-state index contributed by atoms with van der Waals surface area (Å²) < 4.78 is 33.2.